The van der Waals surface area contributed by atoms with Gasteiger partial charge in [0.15, 0.2) is 11.5 Å². The van der Waals surface area contributed by atoms with E-state index in [4.69, 9.17) is 0 Å². The molecule has 2 aliphatic heterocycles. The Kier molecular flexibility index (Phi) is 4.15. The molecule has 12 heteroatoms. The van der Waals surface area contributed by atoms with Crippen LogP contribution in [-0.2, 0) is 11.0 Å². The van der Waals surface area contributed by atoms with Gasteiger partial charge in [0, 0.05) is 19.1 Å². The molecular weight excluding hydrogens is 437 g/mol. The number of hydrogen-bond donors (Lipinski definition) is 2. The number of anilines is 1. The van der Waals surface area contributed by atoms with Gasteiger partial charge in [-0.15, -0.1) is 4.80 Å². The molecule has 33 heavy (non-hydrogen) atoms. The van der Waals surface area contributed by atoms with E-state index in [1.807, 2.05) is 17.9 Å². The topological polar surface area (TPSA) is 101 Å². The number of likely N-dealkylation sites (tertiary alicyclic amines) is 1. The van der Waals surface area contributed by atoms with Crippen molar-refractivity contribution in [2.75, 3.05) is 18.4 Å². The molecule has 1 saturated heterocycles. The van der Waals surface area contributed by atoms with Crippen molar-refractivity contribution in [3.63, 3.8) is 0 Å². The maximum absolute atomic E-state index is 13.7. The highest BCUT2D eigenvalue weighted by Gasteiger charge is 2.75. The summed E-state index contributed by atoms with van der Waals surface area (Å²) in [6.07, 6.45) is 4.20. The number of carbonyl (C=O) groups is 1. The van der Waals surface area contributed by atoms with Crippen LogP contribution in [0, 0.1) is 11.3 Å². The van der Waals surface area contributed by atoms with Gasteiger partial charge < -0.3 is 15.5 Å². The summed E-state index contributed by atoms with van der Waals surface area (Å²) in [6.45, 7) is 3.21. The van der Waals surface area contributed by atoms with Crippen LogP contribution in [0.3, 0.4) is 0 Å². The van der Waals surface area contributed by atoms with E-state index in [1.54, 1.807) is 12.4 Å². The van der Waals surface area contributed by atoms with E-state index in [0.717, 1.165) is 30.8 Å². The Labute approximate surface area is 186 Å². The maximum atomic E-state index is 13.7. The third-order valence-corrected chi connectivity index (χ3v) is 7.17. The maximum Gasteiger partial charge on any atom is 0.434 e. The molecule has 0 radical (unpaired) electrons. The molecule has 2 saturated carbocycles. The van der Waals surface area contributed by atoms with Gasteiger partial charge in [-0.2, -0.15) is 23.4 Å². The fourth-order valence-electron chi connectivity index (χ4n) is 5.61. The molecule has 6 rings (SSSR count). The third-order valence-electron chi connectivity index (χ3n) is 7.17. The van der Waals surface area contributed by atoms with Crippen molar-refractivity contribution >= 4 is 17.5 Å². The van der Waals surface area contributed by atoms with Crippen LogP contribution < -0.4 is 10.6 Å². The molecule has 4 heterocycles. The Hall–Kier alpha value is -3.44. The molecule has 1 spiro atoms. The van der Waals surface area contributed by atoms with Gasteiger partial charge in [-0.1, -0.05) is 5.57 Å². The standard InChI is InChI=1S/C21H21F3N8O/c1-11-4-13(18(27-7-11)32-28-2-3-29-32)19(33)31-10-12-5-20(12)6-14(17(20)31)30-16-9-25-15(8-26-16)21(22,23)24/h2-4,8-9,12,14,17,27H,5-7,10H2,1H3,(H,26,30). The molecule has 2 aliphatic carbocycles. The summed E-state index contributed by atoms with van der Waals surface area (Å²) in [4.78, 5) is 24.4. The Morgan fingerprint density at radius 2 is 2.00 bits per heavy atom. The lowest BCUT2D eigenvalue weighted by Crippen LogP contribution is -2.60. The summed E-state index contributed by atoms with van der Waals surface area (Å²) in [5.41, 5.74) is 0.595. The number of rotatable bonds is 4. The second-order valence-electron chi connectivity index (χ2n) is 9.20. The Morgan fingerprint density at radius 3 is 2.70 bits per heavy atom. The summed E-state index contributed by atoms with van der Waals surface area (Å²) in [5.74, 6) is 1.17. The van der Waals surface area contributed by atoms with E-state index in [2.05, 4.69) is 30.8 Å². The third kappa shape index (κ3) is 3.10. The number of dihydropyridines is 1. The quantitative estimate of drug-likeness (QED) is 0.722. The Morgan fingerprint density at radius 1 is 1.21 bits per heavy atom. The lowest BCUT2D eigenvalue weighted by atomic mass is 9.71. The molecule has 2 N–H and O–H groups in total. The van der Waals surface area contributed by atoms with Crippen LogP contribution >= 0.6 is 0 Å². The SMILES string of the molecule is CC1=CC(C(=O)N2CC3CC34CC(Nc3cnc(C(F)(F)F)cn3)C24)=C(n2nccn2)NC1. The van der Waals surface area contributed by atoms with Crippen LogP contribution in [0.1, 0.15) is 25.5 Å². The number of amides is 1. The monoisotopic (exact) mass is 458 g/mol. The molecule has 4 aliphatic rings. The number of piperidine rings is 1. The van der Waals surface area contributed by atoms with Gasteiger partial charge in [-0.3, -0.25) is 4.79 Å². The summed E-state index contributed by atoms with van der Waals surface area (Å²) >= 11 is 0. The fourth-order valence-corrected chi connectivity index (χ4v) is 5.61. The number of nitrogens with zero attached hydrogens (tertiary/aromatic N) is 6. The summed E-state index contributed by atoms with van der Waals surface area (Å²) in [5, 5.41) is 14.8. The van der Waals surface area contributed by atoms with Crippen LogP contribution in [0.15, 0.2) is 42.0 Å². The van der Waals surface area contributed by atoms with E-state index in [-0.39, 0.29) is 29.2 Å². The van der Waals surface area contributed by atoms with Crippen LogP contribution in [-0.4, -0.2) is 60.9 Å². The van der Waals surface area contributed by atoms with Crippen molar-refractivity contribution in [3.8, 4) is 0 Å². The minimum absolute atomic E-state index is 0.0472. The number of hydrogen-bond acceptors (Lipinski definition) is 7. The fraction of sp³-hybridized carbons (Fsp3) is 0.476. The number of alkyl halides is 3. The molecule has 0 aromatic carbocycles. The van der Waals surface area contributed by atoms with Crippen molar-refractivity contribution in [1.29, 1.82) is 0 Å². The van der Waals surface area contributed by atoms with Crippen molar-refractivity contribution in [2.24, 2.45) is 11.3 Å². The second kappa shape index (κ2) is 6.78. The zero-order chi connectivity index (χ0) is 23.0. The van der Waals surface area contributed by atoms with Crippen molar-refractivity contribution in [1.82, 2.24) is 35.2 Å². The molecule has 2 aromatic rings. The zero-order valence-corrected chi connectivity index (χ0v) is 17.7. The Balaban J connectivity index is 1.25. The summed E-state index contributed by atoms with van der Waals surface area (Å²) in [6, 6.07) is -0.143. The first-order valence-corrected chi connectivity index (χ1v) is 10.7. The highest BCUT2D eigenvalue weighted by atomic mass is 19.4. The first kappa shape index (κ1) is 20.2. The largest absolute Gasteiger partial charge is 0.434 e. The smallest absolute Gasteiger partial charge is 0.364 e. The van der Waals surface area contributed by atoms with Crippen LogP contribution in [0.25, 0.3) is 5.82 Å². The van der Waals surface area contributed by atoms with Crippen LogP contribution in [0.2, 0.25) is 0 Å². The number of nitrogens with one attached hydrogen (secondary N) is 2. The predicted molar refractivity (Wildman–Crippen MR) is 110 cm³/mol. The van der Waals surface area contributed by atoms with Crippen molar-refractivity contribution < 1.29 is 18.0 Å². The zero-order valence-electron chi connectivity index (χ0n) is 17.7. The predicted octanol–water partition coefficient (Wildman–Crippen LogP) is 1.91. The first-order valence-electron chi connectivity index (χ1n) is 10.7. The van der Waals surface area contributed by atoms with Gasteiger partial charge >= 0.3 is 6.18 Å². The summed E-state index contributed by atoms with van der Waals surface area (Å²) < 4.78 is 38.3. The van der Waals surface area contributed by atoms with Crippen LogP contribution in [0.4, 0.5) is 19.0 Å². The van der Waals surface area contributed by atoms with Gasteiger partial charge in [0.1, 0.15) is 5.82 Å². The molecular formula is C21H21F3N8O. The minimum Gasteiger partial charge on any atom is -0.364 e. The average molecular weight is 458 g/mol. The van der Waals surface area contributed by atoms with Gasteiger partial charge in [0.25, 0.3) is 5.91 Å². The molecule has 172 valence electrons. The van der Waals surface area contributed by atoms with E-state index < -0.39 is 11.9 Å². The molecule has 3 fully saturated rings. The molecule has 4 atom stereocenters. The lowest BCUT2D eigenvalue weighted by Gasteiger charge is -2.48. The molecule has 9 nitrogen and oxygen atoms in total. The minimum atomic E-state index is -4.53. The van der Waals surface area contributed by atoms with E-state index in [9.17, 15) is 18.0 Å². The van der Waals surface area contributed by atoms with Gasteiger partial charge in [-0.25, -0.2) is 9.97 Å². The second-order valence-corrected chi connectivity index (χ2v) is 9.20. The molecule has 0 bridgehead atoms. The summed E-state index contributed by atoms with van der Waals surface area (Å²) in [7, 11) is 0. The molecule has 1 amide bonds. The number of aromatic nitrogens is 5. The Bertz CT molecular complexity index is 1170. The van der Waals surface area contributed by atoms with E-state index in [0.29, 0.717) is 30.4 Å². The number of carbonyl (C=O) groups excluding carboxylic acids is 1. The van der Waals surface area contributed by atoms with E-state index in [1.165, 1.54) is 4.80 Å². The molecule has 2 aromatic heterocycles. The highest BCUT2D eigenvalue weighted by molar-refractivity contribution is 6.02. The lowest BCUT2D eigenvalue weighted by molar-refractivity contribution is -0.141. The highest BCUT2D eigenvalue weighted by Crippen LogP contribution is 2.71. The first-order chi connectivity index (χ1) is 15.8. The average Bonchev–Trinajstić information content (AvgIpc) is 3.14. The van der Waals surface area contributed by atoms with Crippen molar-refractivity contribution in [3.05, 3.63) is 47.7 Å². The van der Waals surface area contributed by atoms with E-state index >= 15 is 0 Å². The number of halogens is 3. The normalized spacial score (nSPS) is 30.1. The van der Waals surface area contributed by atoms with Crippen LogP contribution in [0.5, 0.6) is 0 Å². The van der Waals surface area contributed by atoms with Gasteiger partial charge in [0.05, 0.1) is 36.4 Å². The van der Waals surface area contributed by atoms with Gasteiger partial charge in [-0.05, 0) is 37.2 Å². The van der Waals surface area contributed by atoms with Gasteiger partial charge in [0.2, 0.25) is 0 Å². The molecule has 4 unspecified atom stereocenters. The van der Waals surface area contributed by atoms with Crippen molar-refractivity contribution in [2.45, 2.75) is 38.0 Å².